The van der Waals surface area contributed by atoms with Gasteiger partial charge in [0.15, 0.2) is 0 Å². The van der Waals surface area contributed by atoms with Crippen LogP contribution in [-0.4, -0.2) is 62.4 Å². The number of ether oxygens (including phenoxy) is 1. The predicted octanol–water partition coefficient (Wildman–Crippen LogP) is 0.678. The molecule has 2 bridgehead atoms. The Kier molecular flexibility index (Phi) is 5.69. The lowest BCUT2D eigenvalue weighted by atomic mass is 9.49. The Morgan fingerprint density at radius 1 is 1.35 bits per heavy atom. The second kappa shape index (κ2) is 7.51. The van der Waals surface area contributed by atoms with Gasteiger partial charge in [-0.05, 0) is 56.4 Å². The molecule has 4 rings (SSSR count). The maximum Gasteiger partial charge on any atom is 0.410 e. The van der Waals surface area contributed by atoms with Crippen molar-refractivity contribution in [3.05, 3.63) is 11.6 Å². The highest BCUT2D eigenvalue weighted by Gasteiger charge is 2.51. The van der Waals surface area contributed by atoms with Crippen LogP contribution in [0.3, 0.4) is 0 Å². The van der Waals surface area contributed by atoms with Crippen LogP contribution in [0.4, 0.5) is 4.79 Å². The Balaban J connectivity index is 1.31. The van der Waals surface area contributed by atoms with Crippen molar-refractivity contribution < 1.29 is 19.7 Å². The van der Waals surface area contributed by atoms with E-state index in [2.05, 4.69) is 25.2 Å². The van der Waals surface area contributed by atoms with Gasteiger partial charge in [0.1, 0.15) is 18.7 Å². The number of allylic oxidation sites excluding steroid dienone is 1. The minimum Gasteiger partial charge on any atom is -0.444 e. The Bertz CT molecular complexity index is 542. The van der Waals surface area contributed by atoms with Gasteiger partial charge in [0.2, 0.25) is 0 Å². The minimum atomic E-state index is -0.404. The lowest BCUT2D eigenvalue weighted by molar-refractivity contribution is -0.915. The van der Waals surface area contributed by atoms with Gasteiger partial charge < -0.3 is 15.0 Å². The second-order valence-corrected chi connectivity index (χ2v) is 10.1. The van der Waals surface area contributed by atoms with Crippen molar-refractivity contribution in [2.24, 2.45) is 17.3 Å². The van der Waals surface area contributed by atoms with Gasteiger partial charge in [-0.15, -0.1) is 0 Å². The van der Waals surface area contributed by atoms with E-state index in [1.165, 1.54) is 32.5 Å². The number of piperazine rings is 1. The van der Waals surface area contributed by atoms with Crippen LogP contribution in [0, 0.1) is 17.3 Å². The highest BCUT2D eigenvalue weighted by atomic mass is 16.6. The molecule has 1 aliphatic heterocycles. The summed E-state index contributed by atoms with van der Waals surface area (Å²) >= 11 is 0. The summed E-state index contributed by atoms with van der Waals surface area (Å²) in [5.41, 5.74) is 1.84. The fourth-order valence-corrected chi connectivity index (χ4v) is 4.86. The zero-order chi connectivity index (χ0) is 18.9. The summed E-state index contributed by atoms with van der Waals surface area (Å²) in [6, 6.07) is 0. The van der Waals surface area contributed by atoms with Crippen LogP contribution >= 0.6 is 0 Å². The zero-order valence-corrected chi connectivity index (χ0v) is 17.4. The number of nitrogens with two attached hydrogens (primary N) is 1. The van der Waals surface area contributed by atoms with E-state index in [1.807, 2.05) is 25.7 Å². The molecule has 0 spiro atoms. The van der Waals surface area contributed by atoms with Gasteiger partial charge in [-0.2, -0.15) is 0 Å². The van der Waals surface area contributed by atoms with Gasteiger partial charge in [-0.3, -0.25) is 4.90 Å². The maximum atomic E-state index is 12.1. The predicted molar refractivity (Wildman–Crippen MR) is 103 cm³/mol. The summed E-state index contributed by atoms with van der Waals surface area (Å²) in [7, 11) is 0. The molecule has 0 aromatic rings. The van der Waals surface area contributed by atoms with E-state index in [0.717, 1.165) is 38.0 Å². The lowest BCUT2D eigenvalue weighted by Gasteiger charge is -2.56. The zero-order valence-electron chi connectivity index (χ0n) is 17.4. The number of carbonyl (C=O) groups excluding carboxylic acids is 1. The topological polar surface area (TPSA) is 50.6 Å². The minimum absolute atomic E-state index is 0.159. The molecular weight excluding hydrogens is 326 g/mol. The molecule has 0 unspecified atom stereocenters. The second-order valence-electron chi connectivity index (χ2n) is 10.1. The molecule has 5 heteroatoms. The number of hydrogen-bond donors (Lipinski definition) is 2. The van der Waals surface area contributed by atoms with E-state index in [9.17, 15) is 4.79 Å². The Labute approximate surface area is 159 Å². The normalized spacial score (nSPS) is 28.3. The summed E-state index contributed by atoms with van der Waals surface area (Å²) in [6.07, 6.45) is 5.08. The highest BCUT2D eigenvalue weighted by Crippen LogP contribution is 2.58. The van der Waals surface area contributed by atoms with Gasteiger partial charge in [0.25, 0.3) is 0 Å². The average molecular weight is 366 g/mol. The molecule has 1 heterocycles. The van der Waals surface area contributed by atoms with Gasteiger partial charge in [-0.1, -0.05) is 19.9 Å². The number of amides is 1. The number of quaternary nitrogens is 2. The molecule has 3 aliphatic carbocycles. The van der Waals surface area contributed by atoms with Crippen molar-refractivity contribution in [1.82, 2.24) is 4.90 Å². The van der Waals surface area contributed by atoms with E-state index >= 15 is 0 Å². The molecular formula is C21H39N3O2+2. The van der Waals surface area contributed by atoms with Gasteiger partial charge in [0.05, 0.1) is 32.7 Å². The molecule has 148 valence electrons. The van der Waals surface area contributed by atoms with E-state index in [-0.39, 0.29) is 6.09 Å². The van der Waals surface area contributed by atoms with E-state index in [1.54, 1.807) is 10.5 Å². The van der Waals surface area contributed by atoms with Crippen molar-refractivity contribution in [3.8, 4) is 0 Å². The van der Waals surface area contributed by atoms with Crippen LogP contribution in [0.5, 0.6) is 0 Å². The van der Waals surface area contributed by atoms with E-state index < -0.39 is 5.60 Å². The van der Waals surface area contributed by atoms with E-state index in [0.29, 0.717) is 5.41 Å². The molecule has 4 aliphatic rings. The molecule has 3 N–H and O–H groups in total. The number of nitrogens with one attached hydrogen (secondary N) is 1. The summed E-state index contributed by atoms with van der Waals surface area (Å²) in [6.45, 7) is 17.9. The summed E-state index contributed by atoms with van der Waals surface area (Å²) in [4.78, 5) is 15.6. The van der Waals surface area contributed by atoms with Crippen LogP contribution in [0.2, 0.25) is 0 Å². The van der Waals surface area contributed by atoms with E-state index in [4.69, 9.17) is 4.74 Å². The van der Waals surface area contributed by atoms with Crippen molar-refractivity contribution in [2.75, 3.05) is 45.8 Å². The van der Waals surface area contributed by atoms with Crippen molar-refractivity contribution in [1.29, 1.82) is 0 Å². The largest absolute Gasteiger partial charge is 0.444 e. The standard InChI is InChI=1S/C21H37N3O2/c1-20(2,3)26-19(25)24-12-10-23(11-13-24)9-8-22-15-16-6-7-17-14-18(16)21(17,4)5/h6,17-18,22H,7-15H2,1-5H3/p+2/t17-,18-/m0/s1. The van der Waals surface area contributed by atoms with Crippen molar-refractivity contribution in [3.63, 3.8) is 0 Å². The molecule has 1 saturated heterocycles. The van der Waals surface area contributed by atoms with Gasteiger partial charge >= 0.3 is 6.09 Å². The molecule has 1 saturated carbocycles. The highest BCUT2D eigenvalue weighted by molar-refractivity contribution is 5.68. The first-order valence-corrected chi connectivity index (χ1v) is 10.5. The van der Waals surface area contributed by atoms with Crippen molar-refractivity contribution >= 4 is 6.09 Å². The third kappa shape index (κ3) is 4.42. The Morgan fingerprint density at radius 2 is 2.04 bits per heavy atom. The van der Waals surface area contributed by atoms with Crippen LogP contribution in [0.1, 0.15) is 47.5 Å². The third-order valence-corrected chi connectivity index (χ3v) is 6.79. The van der Waals surface area contributed by atoms with Crippen LogP contribution in [0.25, 0.3) is 0 Å². The number of nitrogens with zero attached hydrogens (tertiary/aromatic N) is 1. The first kappa shape index (κ1) is 19.7. The fourth-order valence-electron chi connectivity index (χ4n) is 4.86. The molecule has 2 atom stereocenters. The monoisotopic (exact) mass is 365 g/mol. The summed E-state index contributed by atoms with van der Waals surface area (Å²) in [5, 5.41) is 2.49. The Hall–Kier alpha value is -1.07. The molecule has 26 heavy (non-hydrogen) atoms. The molecule has 2 fully saturated rings. The number of fused-ring (bicyclic) bond motifs is 1. The first-order valence-electron chi connectivity index (χ1n) is 10.5. The Morgan fingerprint density at radius 3 is 2.62 bits per heavy atom. The number of carbonyl (C=O) groups is 1. The molecule has 0 aromatic carbocycles. The number of rotatable bonds is 5. The summed E-state index contributed by atoms with van der Waals surface area (Å²) < 4.78 is 5.47. The van der Waals surface area contributed by atoms with Crippen LogP contribution in [-0.2, 0) is 4.74 Å². The molecule has 5 nitrogen and oxygen atoms in total. The van der Waals surface area contributed by atoms with Crippen LogP contribution in [0.15, 0.2) is 11.6 Å². The summed E-state index contributed by atoms with van der Waals surface area (Å²) in [5.74, 6) is 1.77. The molecule has 0 aromatic heterocycles. The van der Waals surface area contributed by atoms with Gasteiger partial charge in [-0.25, -0.2) is 4.79 Å². The smallest absolute Gasteiger partial charge is 0.410 e. The first-order chi connectivity index (χ1) is 12.2. The average Bonchev–Trinajstić information content (AvgIpc) is 2.57. The maximum absolute atomic E-state index is 12.1. The lowest BCUT2D eigenvalue weighted by Crippen LogP contribution is -3.17. The SMILES string of the molecule is CC(C)(C)OC(=O)N1CC[NH+](CC[NH2+]CC2=CC[C@H]3C[C@@H]2C3(C)C)CC1. The van der Waals surface area contributed by atoms with Crippen molar-refractivity contribution in [2.45, 2.75) is 53.1 Å². The molecule has 0 radical (unpaired) electrons. The fraction of sp³-hybridized carbons (Fsp3) is 0.857. The van der Waals surface area contributed by atoms with Gasteiger partial charge in [0, 0.05) is 0 Å². The van der Waals surface area contributed by atoms with Crippen LogP contribution < -0.4 is 10.2 Å². The number of hydrogen-bond acceptors (Lipinski definition) is 2. The molecule has 1 amide bonds. The quantitative estimate of drug-likeness (QED) is 0.556. The third-order valence-electron chi connectivity index (χ3n) is 6.79.